The van der Waals surface area contributed by atoms with Crippen LogP contribution in [0.3, 0.4) is 0 Å². The van der Waals surface area contributed by atoms with Gasteiger partial charge in [-0.3, -0.25) is 0 Å². The summed E-state index contributed by atoms with van der Waals surface area (Å²) < 4.78 is 34.6. The number of fused-ring (bicyclic) bond motifs is 1. The zero-order chi connectivity index (χ0) is 17.3. The van der Waals surface area contributed by atoms with Crippen molar-refractivity contribution in [2.45, 2.75) is 24.0 Å². The number of sulfonamides is 1. The molecule has 0 spiro atoms. The summed E-state index contributed by atoms with van der Waals surface area (Å²) in [6.07, 6.45) is 1.19. The number of ether oxygens (including phenoxy) is 1. The van der Waals surface area contributed by atoms with Crippen molar-refractivity contribution in [2.24, 2.45) is 0 Å². The van der Waals surface area contributed by atoms with Gasteiger partial charge in [-0.1, -0.05) is 52.3 Å². The van der Waals surface area contributed by atoms with Crippen LogP contribution < -0.4 is 4.74 Å². The molecule has 0 aliphatic carbocycles. The Morgan fingerprint density at radius 3 is 2.62 bits per heavy atom. The van der Waals surface area contributed by atoms with E-state index in [0.717, 1.165) is 10.0 Å². The number of rotatable bonds is 3. The molecule has 0 radical (unpaired) electrons. The van der Waals surface area contributed by atoms with E-state index < -0.39 is 16.1 Å². The van der Waals surface area contributed by atoms with Crippen molar-refractivity contribution in [2.75, 3.05) is 6.54 Å². The van der Waals surface area contributed by atoms with E-state index in [1.165, 1.54) is 4.31 Å². The molecule has 2 aromatic rings. The molecular weight excluding hydrogens is 390 g/mol. The van der Waals surface area contributed by atoms with Gasteiger partial charge in [0.25, 0.3) is 0 Å². The van der Waals surface area contributed by atoms with Gasteiger partial charge in [0, 0.05) is 11.0 Å². The van der Waals surface area contributed by atoms with Gasteiger partial charge in [0.2, 0.25) is 10.0 Å². The van der Waals surface area contributed by atoms with Crippen molar-refractivity contribution < 1.29 is 13.2 Å². The molecule has 0 fully saturated rings. The first-order valence-electron chi connectivity index (χ1n) is 7.59. The highest BCUT2D eigenvalue weighted by molar-refractivity contribution is 9.10. The van der Waals surface area contributed by atoms with E-state index in [-0.39, 0.29) is 17.5 Å². The van der Waals surface area contributed by atoms with Crippen LogP contribution in [0.25, 0.3) is 0 Å². The van der Waals surface area contributed by atoms with Crippen molar-refractivity contribution in [3.05, 3.63) is 71.2 Å². The van der Waals surface area contributed by atoms with Crippen LogP contribution in [0.2, 0.25) is 0 Å². The molecule has 0 bridgehead atoms. The maximum atomic E-state index is 13.1. The summed E-state index contributed by atoms with van der Waals surface area (Å²) in [6, 6.07) is 14.3. The number of benzene rings is 2. The van der Waals surface area contributed by atoms with Crippen LogP contribution in [0.15, 0.2) is 70.6 Å². The molecule has 0 amide bonds. The van der Waals surface area contributed by atoms with Crippen molar-refractivity contribution in [1.82, 2.24) is 4.31 Å². The number of hydrogen-bond donors (Lipinski definition) is 0. The van der Waals surface area contributed by atoms with E-state index in [1.807, 2.05) is 37.3 Å². The molecule has 1 aliphatic heterocycles. The Balaban J connectivity index is 2.20. The first-order valence-corrected chi connectivity index (χ1v) is 9.82. The molecule has 4 nitrogen and oxygen atoms in total. The van der Waals surface area contributed by atoms with Crippen LogP contribution in [0.1, 0.15) is 18.6 Å². The fourth-order valence-electron chi connectivity index (χ4n) is 2.90. The minimum Gasteiger partial charge on any atom is -0.483 e. The zero-order valence-electron chi connectivity index (χ0n) is 13.2. The lowest BCUT2D eigenvalue weighted by Gasteiger charge is -2.29. The predicted molar refractivity (Wildman–Crippen MR) is 97.5 cm³/mol. The van der Waals surface area contributed by atoms with E-state index in [1.54, 1.807) is 24.3 Å². The quantitative estimate of drug-likeness (QED) is 0.717. The molecule has 3 rings (SSSR count). The van der Waals surface area contributed by atoms with Gasteiger partial charge in [-0.2, -0.15) is 4.31 Å². The summed E-state index contributed by atoms with van der Waals surface area (Å²) in [7, 11) is -3.67. The van der Waals surface area contributed by atoms with Crippen LogP contribution in [-0.4, -0.2) is 25.3 Å². The Morgan fingerprint density at radius 1 is 1.25 bits per heavy atom. The van der Waals surface area contributed by atoms with Crippen molar-refractivity contribution in [3.63, 3.8) is 0 Å². The molecule has 0 N–H and O–H groups in total. The Hall–Kier alpha value is -1.63. The third-order valence-corrected chi connectivity index (χ3v) is 6.56. The molecule has 0 saturated heterocycles. The third-order valence-electron chi connectivity index (χ3n) is 4.08. The second kappa shape index (κ2) is 6.70. The number of halogens is 1. The van der Waals surface area contributed by atoms with Gasteiger partial charge in [0.15, 0.2) is 0 Å². The van der Waals surface area contributed by atoms with Crippen LogP contribution in [0.5, 0.6) is 5.75 Å². The molecule has 1 aliphatic rings. The maximum absolute atomic E-state index is 13.1. The molecular formula is C18H18BrNO3S. The topological polar surface area (TPSA) is 46.6 Å². The van der Waals surface area contributed by atoms with E-state index in [2.05, 4.69) is 22.5 Å². The van der Waals surface area contributed by atoms with Crippen LogP contribution in [0.4, 0.5) is 0 Å². The lowest BCUT2D eigenvalue weighted by Crippen LogP contribution is -2.41. The summed E-state index contributed by atoms with van der Waals surface area (Å²) in [6.45, 7) is 5.79. The highest BCUT2D eigenvalue weighted by Crippen LogP contribution is 2.40. The molecule has 126 valence electrons. The van der Waals surface area contributed by atoms with E-state index in [9.17, 15) is 8.42 Å². The molecule has 0 unspecified atom stereocenters. The summed E-state index contributed by atoms with van der Waals surface area (Å²) in [5.41, 5.74) is 0.932. The summed E-state index contributed by atoms with van der Waals surface area (Å²) in [4.78, 5) is 0.179. The van der Waals surface area contributed by atoms with E-state index in [0.29, 0.717) is 5.75 Å². The Kier molecular flexibility index (Phi) is 4.80. The van der Waals surface area contributed by atoms with Crippen LogP contribution >= 0.6 is 15.9 Å². The average molecular weight is 408 g/mol. The van der Waals surface area contributed by atoms with E-state index >= 15 is 0 Å². The molecule has 0 aromatic heterocycles. The zero-order valence-corrected chi connectivity index (χ0v) is 15.6. The average Bonchev–Trinajstić information content (AvgIpc) is 2.64. The SMILES string of the molecule is C=CCN1[C@H](C)[C@H](c2ccccc2)Oc2cc(Br)ccc2S1(=O)=O. The monoisotopic (exact) mass is 407 g/mol. The van der Waals surface area contributed by atoms with Gasteiger partial charge in [-0.25, -0.2) is 8.42 Å². The number of hydrogen-bond acceptors (Lipinski definition) is 3. The Labute approximate surface area is 150 Å². The van der Waals surface area contributed by atoms with Crippen molar-refractivity contribution >= 4 is 26.0 Å². The van der Waals surface area contributed by atoms with Crippen molar-refractivity contribution in [3.8, 4) is 5.75 Å². The Morgan fingerprint density at radius 2 is 1.96 bits per heavy atom. The highest BCUT2D eigenvalue weighted by atomic mass is 79.9. The van der Waals surface area contributed by atoms with Crippen LogP contribution in [-0.2, 0) is 10.0 Å². The van der Waals surface area contributed by atoms with Crippen molar-refractivity contribution in [1.29, 1.82) is 0 Å². The van der Waals surface area contributed by atoms with Gasteiger partial charge in [0.1, 0.15) is 16.7 Å². The summed E-state index contributed by atoms with van der Waals surface area (Å²) in [5.74, 6) is 0.358. The second-order valence-corrected chi connectivity index (χ2v) is 8.42. The van der Waals surface area contributed by atoms with E-state index in [4.69, 9.17) is 4.74 Å². The number of nitrogens with zero attached hydrogens (tertiary/aromatic N) is 1. The first kappa shape index (κ1) is 17.2. The summed E-state index contributed by atoms with van der Waals surface area (Å²) in [5, 5.41) is 0. The minimum absolute atomic E-state index is 0.179. The van der Waals surface area contributed by atoms with Crippen LogP contribution in [0, 0.1) is 0 Å². The predicted octanol–water partition coefficient (Wildman–Crippen LogP) is 4.15. The second-order valence-electron chi connectivity index (χ2n) is 5.64. The molecule has 1 heterocycles. The molecule has 6 heteroatoms. The Bertz CT molecular complexity index is 852. The largest absolute Gasteiger partial charge is 0.483 e. The van der Waals surface area contributed by atoms with Gasteiger partial charge in [0.05, 0.1) is 6.04 Å². The smallest absolute Gasteiger partial charge is 0.247 e. The first-order chi connectivity index (χ1) is 11.4. The van der Waals surface area contributed by atoms with Gasteiger partial charge in [-0.05, 0) is 30.7 Å². The normalized spacial score (nSPS) is 22.9. The third kappa shape index (κ3) is 3.01. The fraction of sp³-hybridized carbons (Fsp3) is 0.222. The molecule has 2 atom stereocenters. The molecule has 0 saturated carbocycles. The lowest BCUT2D eigenvalue weighted by atomic mass is 10.0. The highest BCUT2D eigenvalue weighted by Gasteiger charge is 2.40. The molecule has 2 aromatic carbocycles. The fourth-order valence-corrected chi connectivity index (χ4v) is 4.94. The summed E-state index contributed by atoms with van der Waals surface area (Å²) >= 11 is 3.39. The van der Waals surface area contributed by atoms with Gasteiger partial charge in [-0.15, -0.1) is 6.58 Å². The lowest BCUT2D eigenvalue weighted by molar-refractivity contribution is 0.131. The minimum atomic E-state index is -3.67. The maximum Gasteiger partial charge on any atom is 0.247 e. The van der Waals surface area contributed by atoms with Gasteiger partial charge >= 0.3 is 0 Å². The standard InChI is InChI=1S/C18H18BrNO3S/c1-3-11-20-13(2)18(14-7-5-4-6-8-14)23-16-12-15(19)9-10-17(16)24(20,21)22/h3-10,12-13,18H,1,11H2,2H3/t13-,18-/m1/s1. The van der Waals surface area contributed by atoms with Gasteiger partial charge < -0.3 is 4.74 Å². The molecule has 24 heavy (non-hydrogen) atoms.